The van der Waals surface area contributed by atoms with Crippen LogP contribution in [0.3, 0.4) is 0 Å². The summed E-state index contributed by atoms with van der Waals surface area (Å²) in [5, 5.41) is 21.3. The van der Waals surface area contributed by atoms with Crippen LogP contribution < -0.4 is 5.32 Å². The number of nitrogens with zero attached hydrogens (tertiary/aromatic N) is 2. The van der Waals surface area contributed by atoms with Gasteiger partial charge in [-0.3, -0.25) is 9.59 Å². The summed E-state index contributed by atoms with van der Waals surface area (Å²) in [4.78, 5) is 40.7. The van der Waals surface area contributed by atoms with Crippen molar-refractivity contribution in [3.63, 3.8) is 0 Å². The summed E-state index contributed by atoms with van der Waals surface area (Å²) >= 11 is 2.74. The van der Waals surface area contributed by atoms with Gasteiger partial charge in [0.25, 0.3) is 5.91 Å². The van der Waals surface area contributed by atoms with Gasteiger partial charge in [-0.2, -0.15) is 5.26 Å². The molecule has 0 aromatic heterocycles. The van der Waals surface area contributed by atoms with E-state index in [0.717, 1.165) is 37.0 Å². The Morgan fingerprint density at radius 3 is 2.50 bits per heavy atom. The van der Waals surface area contributed by atoms with Gasteiger partial charge in [-0.15, -0.1) is 23.5 Å². The van der Waals surface area contributed by atoms with Crippen LogP contribution in [0, 0.1) is 17.2 Å². The molecular weight excluding hydrogens is 446 g/mol. The largest absolute Gasteiger partial charge is 0.480 e. The summed E-state index contributed by atoms with van der Waals surface area (Å²) in [6.45, 7) is 3.50. The molecule has 1 aromatic carbocycles. The molecule has 0 bridgehead atoms. The molecule has 9 heteroatoms. The van der Waals surface area contributed by atoms with Gasteiger partial charge in [-0.1, -0.05) is 37.5 Å². The van der Waals surface area contributed by atoms with E-state index in [2.05, 4.69) is 5.32 Å². The molecule has 2 amide bonds. The van der Waals surface area contributed by atoms with E-state index >= 15 is 0 Å². The van der Waals surface area contributed by atoms with Crippen molar-refractivity contribution in [3.05, 3.63) is 30.3 Å². The van der Waals surface area contributed by atoms with Crippen LogP contribution in [0.2, 0.25) is 0 Å². The molecule has 1 aromatic rings. The van der Waals surface area contributed by atoms with Gasteiger partial charge in [0, 0.05) is 9.64 Å². The number of rotatable bonds is 6. The van der Waals surface area contributed by atoms with Gasteiger partial charge in [0.1, 0.15) is 17.5 Å². The molecule has 170 valence electrons. The molecule has 2 saturated heterocycles. The lowest BCUT2D eigenvalue weighted by Crippen LogP contribution is -2.79. The molecule has 7 nitrogen and oxygen atoms in total. The quantitative estimate of drug-likeness (QED) is 0.482. The molecule has 2 aliphatic heterocycles. The van der Waals surface area contributed by atoms with E-state index in [1.807, 2.05) is 36.4 Å². The Morgan fingerprint density at radius 1 is 1.25 bits per heavy atom. The minimum atomic E-state index is -1.73. The third-order valence-corrected chi connectivity index (χ3v) is 9.65. The van der Waals surface area contributed by atoms with Crippen molar-refractivity contribution in [2.75, 3.05) is 0 Å². The van der Waals surface area contributed by atoms with Gasteiger partial charge in [-0.25, -0.2) is 4.79 Å². The van der Waals surface area contributed by atoms with E-state index < -0.39 is 38.8 Å². The van der Waals surface area contributed by atoms with Crippen molar-refractivity contribution in [1.82, 2.24) is 10.2 Å². The molecule has 32 heavy (non-hydrogen) atoms. The van der Waals surface area contributed by atoms with Crippen molar-refractivity contribution in [3.8, 4) is 6.07 Å². The molecule has 3 fully saturated rings. The molecule has 1 aliphatic carbocycles. The fraction of sp³-hybridized carbons (Fsp3) is 0.565. The highest BCUT2D eigenvalue weighted by Gasteiger charge is 2.73. The monoisotopic (exact) mass is 473 g/mol. The van der Waals surface area contributed by atoms with Crippen LogP contribution in [0.5, 0.6) is 0 Å². The Morgan fingerprint density at radius 2 is 1.91 bits per heavy atom. The summed E-state index contributed by atoms with van der Waals surface area (Å²) in [6, 6.07) is 10.7. The number of thioether (sulfide) groups is 2. The number of carboxylic acid groups (broad SMARTS) is 1. The molecule has 2 N–H and O–H groups in total. The number of nitrogens with one attached hydrogen (secondary N) is 1. The number of hydrogen-bond donors (Lipinski definition) is 2. The fourth-order valence-electron chi connectivity index (χ4n) is 5.02. The zero-order valence-electron chi connectivity index (χ0n) is 18.1. The summed E-state index contributed by atoms with van der Waals surface area (Å²) < 4.78 is -0.767. The van der Waals surface area contributed by atoms with Crippen molar-refractivity contribution in [2.45, 2.75) is 77.8 Å². The van der Waals surface area contributed by atoms with Crippen LogP contribution in [0.25, 0.3) is 0 Å². The molecule has 1 unspecified atom stereocenters. The van der Waals surface area contributed by atoms with Crippen LogP contribution >= 0.6 is 23.5 Å². The van der Waals surface area contributed by atoms with E-state index in [-0.39, 0.29) is 11.8 Å². The first-order chi connectivity index (χ1) is 15.2. The molecule has 3 aliphatic rings. The van der Waals surface area contributed by atoms with Gasteiger partial charge in [-0.05, 0) is 44.7 Å². The maximum absolute atomic E-state index is 13.5. The first-order valence-corrected chi connectivity index (χ1v) is 12.7. The lowest BCUT2D eigenvalue weighted by atomic mass is 9.83. The second-order valence-electron chi connectivity index (χ2n) is 9.19. The average Bonchev–Trinajstić information content (AvgIpc) is 3.05. The highest BCUT2D eigenvalue weighted by atomic mass is 32.2. The zero-order valence-corrected chi connectivity index (χ0v) is 19.7. The van der Waals surface area contributed by atoms with E-state index in [1.165, 1.54) is 28.4 Å². The molecule has 2 heterocycles. The molecule has 1 saturated carbocycles. The predicted octanol–water partition coefficient (Wildman–Crippen LogP) is 3.25. The topological polar surface area (TPSA) is 111 Å². The van der Waals surface area contributed by atoms with Gasteiger partial charge < -0.3 is 15.3 Å². The second-order valence-corrected chi connectivity index (χ2v) is 12.1. The number of carbonyl (C=O) groups is 3. The number of aliphatic carboxylic acids is 1. The van der Waals surface area contributed by atoms with E-state index in [0.29, 0.717) is 0 Å². The predicted molar refractivity (Wildman–Crippen MR) is 123 cm³/mol. The van der Waals surface area contributed by atoms with Crippen LogP contribution in [0.15, 0.2) is 35.2 Å². The summed E-state index contributed by atoms with van der Waals surface area (Å²) in [5.74, 6) is -1.89. The summed E-state index contributed by atoms with van der Waals surface area (Å²) in [5.41, 5.74) is -1.73. The van der Waals surface area contributed by atoms with Gasteiger partial charge in [0.05, 0.1) is 5.25 Å². The lowest BCUT2D eigenvalue weighted by Gasteiger charge is -2.49. The number of benzene rings is 1. The summed E-state index contributed by atoms with van der Waals surface area (Å²) in [7, 11) is 0. The molecule has 0 spiro atoms. The van der Waals surface area contributed by atoms with Gasteiger partial charge in [0.15, 0.2) is 0 Å². The minimum Gasteiger partial charge on any atom is -0.480 e. The van der Waals surface area contributed by atoms with Crippen LogP contribution in [0.1, 0.15) is 46.0 Å². The number of β-lactam (4-membered cyclic amide) rings is 1. The van der Waals surface area contributed by atoms with Crippen molar-refractivity contribution in [1.29, 1.82) is 5.26 Å². The highest BCUT2D eigenvalue weighted by Crippen LogP contribution is 2.54. The second kappa shape index (κ2) is 8.64. The SMILES string of the molecule is CC1(C)S[C@H]2N(C(=O)[C@]2(C#N)NC(=O)C(Sc2ccccc2)C2CCCCC2)[C@H]1C(=O)O. The standard InChI is InChI=1S/C23H27N3O4S2/c1-22(2)17(19(28)29)26-20(30)23(13-24,21(26)32-22)25-18(27)16(14-9-5-3-6-10-14)31-15-11-7-4-8-12-15/h4,7-8,11-12,14,16-17,21H,3,5-6,9-10H2,1-2H3,(H,25,27)(H,28,29)/t16?,17-,21+,23-/m0/s1. The van der Waals surface area contributed by atoms with E-state index in [9.17, 15) is 24.8 Å². The average molecular weight is 474 g/mol. The van der Waals surface area contributed by atoms with Crippen LogP contribution in [-0.2, 0) is 14.4 Å². The molecule has 0 radical (unpaired) electrons. The first-order valence-electron chi connectivity index (χ1n) is 10.9. The smallest absolute Gasteiger partial charge is 0.327 e. The van der Waals surface area contributed by atoms with Crippen molar-refractivity contribution in [2.24, 2.45) is 5.92 Å². The number of hydrogen-bond acceptors (Lipinski definition) is 6. The maximum Gasteiger partial charge on any atom is 0.327 e. The molecular formula is C23H27N3O4S2. The Labute approximate surface area is 196 Å². The Balaban J connectivity index is 1.59. The van der Waals surface area contributed by atoms with E-state index in [1.54, 1.807) is 13.8 Å². The lowest BCUT2D eigenvalue weighted by molar-refractivity contribution is -0.165. The normalized spacial score (nSPS) is 30.0. The zero-order chi connectivity index (χ0) is 23.1. The van der Waals surface area contributed by atoms with Crippen molar-refractivity contribution < 1.29 is 19.5 Å². The van der Waals surface area contributed by atoms with Crippen molar-refractivity contribution >= 4 is 41.3 Å². The number of carbonyl (C=O) groups excluding carboxylic acids is 2. The number of carboxylic acids is 1. The maximum atomic E-state index is 13.5. The first kappa shape index (κ1) is 23.0. The number of nitriles is 1. The third-order valence-electron chi connectivity index (χ3n) is 6.62. The van der Waals surface area contributed by atoms with Gasteiger partial charge in [0.2, 0.25) is 11.4 Å². The Bertz CT molecular complexity index is 958. The fourth-order valence-corrected chi connectivity index (χ4v) is 7.89. The van der Waals surface area contributed by atoms with Crippen LogP contribution in [-0.4, -0.2) is 54.7 Å². The summed E-state index contributed by atoms with van der Waals surface area (Å²) in [6.07, 6.45) is 5.15. The van der Waals surface area contributed by atoms with E-state index in [4.69, 9.17) is 0 Å². The highest BCUT2D eigenvalue weighted by molar-refractivity contribution is 8.01. The number of fused-ring (bicyclic) bond motifs is 1. The molecule has 4 rings (SSSR count). The Kier molecular flexibility index (Phi) is 6.21. The number of amides is 2. The third kappa shape index (κ3) is 3.77. The minimum absolute atomic E-state index is 0.162. The Hall–Kier alpha value is -2.18. The van der Waals surface area contributed by atoms with Crippen LogP contribution in [0.4, 0.5) is 0 Å². The van der Waals surface area contributed by atoms with Gasteiger partial charge >= 0.3 is 5.97 Å². The molecule has 4 atom stereocenters.